The fraction of sp³-hybridized carbons (Fsp3) is 0.548. The van der Waals surface area contributed by atoms with Crippen LogP contribution in [-0.2, 0) is 16.1 Å². The zero-order valence-corrected chi connectivity index (χ0v) is 23.7. The Morgan fingerprint density at radius 2 is 1.71 bits per heavy atom. The average molecular weight is 524 g/mol. The van der Waals surface area contributed by atoms with E-state index in [1.165, 1.54) is 10.5 Å². The van der Waals surface area contributed by atoms with Crippen molar-refractivity contribution < 1.29 is 19.1 Å². The van der Waals surface area contributed by atoms with Gasteiger partial charge in [-0.3, -0.25) is 4.79 Å². The van der Waals surface area contributed by atoms with Crippen molar-refractivity contribution in [2.24, 2.45) is 5.41 Å². The molecule has 1 aliphatic rings. The standard InChI is InChI=1S/C31H45N3O4/c1-6-11-27(25-16-12-23(4)13-17-25)33-30(36)34-28(35)31(7-2,8-3)29(34)38-26-18-14-24(15-19-26)22-32-20-9-10-21-37-5/h12-19,27,29,32H,6-11,20-22H2,1-5H3,(H,33,36)/t27-,29+/m1/s1. The number of benzene rings is 2. The third-order valence-corrected chi connectivity index (χ3v) is 7.64. The van der Waals surface area contributed by atoms with Crippen LogP contribution < -0.4 is 15.4 Å². The molecule has 3 rings (SSSR count). The second kappa shape index (κ2) is 14.3. The number of unbranched alkanes of at least 4 members (excludes halogenated alkanes) is 1. The number of ether oxygens (including phenoxy) is 2. The third kappa shape index (κ3) is 6.94. The molecule has 0 saturated carbocycles. The van der Waals surface area contributed by atoms with Crippen LogP contribution in [0.2, 0.25) is 0 Å². The van der Waals surface area contributed by atoms with Gasteiger partial charge in [0.1, 0.15) is 11.2 Å². The minimum absolute atomic E-state index is 0.166. The van der Waals surface area contributed by atoms with Crippen molar-refractivity contribution in [1.82, 2.24) is 15.5 Å². The Labute approximate surface area is 228 Å². The first kappa shape index (κ1) is 29.7. The number of hydrogen-bond donors (Lipinski definition) is 2. The molecule has 7 heteroatoms. The molecule has 0 aliphatic carbocycles. The average Bonchev–Trinajstić information content (AvgIpc) is 2.92. The zero-order chi connectivity index (χ0) is 27.5. The number of methoxy groups -OCH3 is 1. The smallest absolute Gasteiger partial charge is 0.327 e. The molecule has 0 radical (unpaired) electrons. The molecule has 1 saturated heterocycles. The normalized spacial score (nSPS) is 17.1. The van der Waals surface area contributed by atoms with Crippen LogP contribution in [0.4, 0.5) is 4.79 Å². The van der Waals surface area contributed by atoms with Gasteiger partial charge in [-0.1, -0.05) is 69.2 Å². The van der Waals surface area contributed by atoms with Gasteiger partial charge in [-0.2, -0.15) is 0 Å². The predicted octanol–water partition coefficient (Wildman–Crippen LogP) is 6.12. The highest BCUT2D eigenvalue weighted by Crippen LogP contribution is 2.46. The molecule has 2 aromatic carbocycles. The van der Waals surface area contributed by atoms with Crippen molar-refractivity contribution in [3.8, 4) is 5.75 Å². The van der Waals surface area contributed by atoms with Crippen molar-refractivity contribution in [1.29, 1.82) is 0 Å². The zero-order valence-electron chi connectivity index (χ0n) is 23.7. The fourth-order valence-corrected chi connectivity index (χ4v) is 5.07. The van der Waals surface area contributed by atoms with Gasteiger partial charge >= 0.3 is 6.03 Å². The SMILES string of the molecule is CCC[C@@H](NC(=O)N1C(=O)C(CC)(CC)[C@@H]1Oc1ccc(CNCCCCOC)cc1)c1ccc(C)cc1. The van der Waals surface area contributed by atoms with Crippen molar-refractivity contribution in [3.63, 3.8) is 0 Å². The molecule has 0 spiro atoms. The summed E-state index contributed by atoms with van der Waals surface area (Å²) in [5.41, 5.74) is 2.66. The Morgan fingerprint density at radius 3 is 2.32 bits per heavy atom. The molecule has 0 unspecified atom stereocenters. The maximum Gasteiger partial charge on any atom is 0.327 e. The number of hydrogen-bond acceptors (Lipinski definition) is 5. The number of rotatable bonds is 15. The lowest BCUT2D eigenvalue weighted by Crippen LogP contribution is -2.73. The van der Waals surface area contributed by atoms with Crippen LogP contribution in [0.1, 0.15) is 82.0 Å². The van der Waals surface area contributed by atoms with Crippen molar-refractivity contribution >= 4 is 11.9 Å². The van der Waals surface area contributed by atoms with Crippen LogP contribution in [0.3, 0.4) is 0 Å². The number of nitrogens with zero attached hydrogens (tertiary/aromatic N) is 1. The van der Waals surface area contributed by atoms with E-state index in [1.807, 2.05) is 69.3 Å². The monoisotopic (exact) mass is 523 g/mol. The molecule has 0 aromatic heterocycles. The van der Waals surface area contributed by atoms with Crippen LogP contribution in [-0.4, -0.2) is 43.3 Å². The van der Waals surface area contributed by atoms with E-state index in [1.54, 1.807) is 7.11 Å². The summed E-state index contributed by atoms with van der Waals surface area (Å²) in [7, 11) is 1.72. The molecular formula is C31H45N3O4. The Hall–Kier alpha value is -2.90. The van der Waals surface area contributed by atoms with E-state index in [0.29, 0.717) is 18.6 Å². The second-order valence-corrected chi connectivity index (χ2v) is 10.2. The highest BCUT2D eigenvalue weighted by atomic mass is 16.5. The molecule has 7 nitrogen and oxygen atoms in total. The van der Waals surface area contributed by atoms with Gasteiger partial charge in [0.2, 0.25) is 5.91 Å². The highest BCUT2D eigenvalue weighted by molar-refractivity contribution is 6.03. The molecule has 1 fully saturated rings. The molecule has 2 N–H and O–H groups in total. The third-order valence-electron chi connectivity index (χ3n) is 7.64. The quantitative estimate of drug-likeness (QED) is 0.217. The number of carbonyl (C=O) groups is 2. The van der Waals surface area contributed by atoms with Crippen LogP contribution in [0, 0.1) is 12.3 Å². The van der Waals surface area contributed by atoms with E-state index in [2.05, 4.69) is 17.6 Å². The molecule has 1 aliphatic heterocycles. The lowest BCUT2D eigenvalue weighted by atomic mass is 9.72. The first-order valence-corrected chi connectivity index (χ1v) is 14.1. The highest BCUT2D eigenvalue weighted by Gasteiger charge is 2.63. The van der Waals surface area contributed by atoms with Gasteiger partial charge in [-0.25, -0.2) is 9.69 Å². The summed E-state index contributed by atoms with van der Waals surface area (Å²) in [6.45, 7) is 10.6. The van der Waals surface area contributed by atoms with E-state index in [4.69, 9.17) is 9.47 Å². The van der Waals surface area contributed by atoms with E-state index in [0.717, 1.165) is 56.5 Å². The lowest BCUT2D eigenvalue weighted by molar-refractivity contribution is -0.191. The Kier molecular flexibility index (Phi) is 11.2. The minimum Gasteiger partial charge on any atom is -0.469 e. The van der Waals surface area contributed by atoms with Crippen molar-refractivity contribution in [2.45, 2.75) is 85.0 Å². The molecule has 0 bridgehead atoms. The van der Waals surface area contributed by atoms with Crippen LogP contribution in [0.25, 0.3) is 0 Å². The van der Waals surface area contributed by atoms with Crippen LogP contribution >= 0.6 is 0 Å². The number of amides is 3. The molecule has 38 heavy (non-hydrogen) atoms. The maximum atomic E-state index is 13.4. The number of β-lactam (4-membered cyclic amide) rings is 1. The molecule has 2 atom stereocenters. The maximum absolute atomic E-state index is 13.4. The van der Waals surface area contributed by atoms with Crippen molar-refractivity contribution in [3.05, 3.63) is 65.2 Å². The Morgan fingerprint density at radius 1 is 1.03 bits per heavy atom. The van der Waals surface area contributed by atoms with E-state index in [-0.39, 0.29) is 11.9 Å². The van der Waals surface area contributed by atoms with Crippen molar-refractivity contribution in [2.75, 3.05) is 20.3 Å². The number of imide groups is 1. The molecule has 2 aromatic rings. The summed E-state index contributed by atoms with van der Waals surface area (Å²) in [5.74, 6) is 0.484. The summed E-state index contributed by atoms with van der Waals surface area (Å²) in [6, 6.07) is 15.5. The van der Waals surface area contributed by atoms with Gasteiger partial charge in [0.15, 0.2) is 6.23 Å². The fourth-order valence-electron chi connectivity index (χ4n) is 5.07. The van der Waals surface area contributed by atoms with E-state index < -0.39 is 17.7 Å². The van der Waals surface area contributed by atoms with Gasteiger partial charge in [0.05, 0.1) is 6.04 Å². The number of aryl methyl sites for hydroxylation is 1. The summed E-state index contributed by atoms with van der Waals surface area (Å²) < 4.78 is 11.4. The minimum atomic E-state index is -0.704. The number of urea groups is 1. The lowest BCUT2D eigenvalue weighted by Gasteiger charge is -2.53. The predicted molar refractivity (Wildman–Crippen MR) is 151 cm³/mol. The Bertz CT molecular complexity index is 1020. The van der Waals surface area contributed by atoms with Gasteiger partial charge in [0, 0.05) is 20.3 Å². The molecule has 3 amide bonds. The topological polar surface area (TPSA) is 79.9 Å². The molecule has 208 valence electrons. The summed E-state index contributed by atoms with van der Waals surface area (Å²) >= 11 is 0. The van der Waals surface area contributed by atoms with Gasteiger partial charge in [0.25, 0.3) is 0 Å². The largest absolute Gasteiger partial charge is 0.469 e. The summed E-state index contributed by atoms with van der Waals surface area (Å²) in [4.78, 5) is 28.1. The number of carbonyl (C=O) groups excluding carboxylic acids is 2. The van der Waals surface area contributed by atoms with Crippen LogP contribution in [0.15, 0.2) is 48.5 Å². The second-order valence-electron chi connectivity index (χ2n) is 10.2. The van der Waals surface area contributed by atoms with Crippen LogP contribution in [0.5, 0.6) is 5.75 Å². The van der Waals surface area contributed by atoms with E-state index in [9.17, 15) is 9.59 Å². The first-order valence-electron chi connectivity index (χ1n) is 14.1. The number of nitrogens with one attached hydrogen (secondary N) is 2. The molecule has 1 heterocycles. The van der Waals surface area contributed by atoms with Gasteiger partial charge in [-0.15, -0.1) is 0 Å². The first-order chi connectivity index (χ1) is 18.4. The number of likely N-dealkylation sites (tertiary alicyclic amines) is 1. The summed E-state index contributed by atoms with van der Waals surface area (Å²) in [5, 5.41) is 6.55. The van der Waals surface area contributed by atoms with Gasteiger partial charge < -0.3 is 20.1 Å². The van der Waals surface area contributed by atoms with E-state index >= 15 is 0 Å². The molecular weight excluding hydrogens is 478 g/mol. The summed E-state index contributed by atoms with van der Waals surface area (Å²) in [6.07, 6.45) is 4.39. The Balaban J connectivity index is 1.68. The van der Waals surface area contributed by atoms with Gasteiger partial charge in [-0.05, 0) is 68.8 Å².